The van der Waals surface area contributed by atoms with Crippen LogP contribution in [0, 0.1) is 6.92 Å². The highest BCUT2D eigenvalue weighted by atomic mass is 32.2. The third-order valence-corrected chi connectivity index (χ3v) is 5.59. The minimum atomic E-state index is -0.433. The predicted molar refractivity (Wildman–Crippen MR) is 116 cm³/mol. The van der Waals surface area contributed by atoms with Gasteiger partial charge in [0.1, 0.15) is 11.4 Å². The molecule has 0 bridgehead atoms. The number of nitrogens with one attached hydrogen (secondary N) is 1. The van der Waals surface area contributed by atoms with Crippen molar-refractivity contribution >= 4 is 34.3 Å². The van der Waals surface area contributed by atoms with Crippen LogP contribution in [0.5, 0.6) is 5.75 Å². The molecule has 1 atom stereocenters. The van der Waals surface area contributed by atoms with E-state index < -0.39 is 5.25 Å². The van der Waals surface area contributed by atoms with Gasteiger partial charge in [0.15, 0.2) is 0 Å². The number of nitrogens with zero attached hydrogens (tertiary/aromatic N) is 5. The van der Waals surface area contributed by atoms with Crippen molar-refractivity contribution in [1.29, 1.82) is 0 Å². The number of rotatable bonds is 6. The molecule has 2 heterocycles. The number of benzene rings is 2. The van der Waals surface area contributed by atoms with Crippen molar-refractivity contribution in [3.63, 3.8) is 0 Å². The van der Waals surface area contributed by atoms with Crippen LogP contribution in [0.2, 0.25) is 0 Å². The Hall–Kier alpha value is -3.46. The van der Waals surface area contributed by atoms with Crippen molar-refractivity contribution in [2.24, 2.45) is 0 Å². The van der Waals surface area contributed by atoms with Gasteiger partial charge < -0.3 is 10.1 Å². The smallest absolute Gasteiger partial charge is 0.237 e. The molecule has 0 aliphatic heterocycles. The number of carbonyl (C=O) groups is 1. The zero-order chi connectivity index (χ0) is 21.1. The molecule has 0 saturated heterocycles. The third kappa shape index (κ3) is 3.97. The lowest BCUT2D eigenvalue weighted by atomic mass is 10.2. The van der Waals surface area contributed by atoms with E-state index in [1.165, 1.54) is 11.8 Å². The monoisotopic (exact) mass is 420 g/mol. The maximum absolute atomic E-state index is 12.9. The SMILES string of the molecule is COc1ccc(C)cc1-n1nnnc1SC(C)C(=O)Nc1cccc2ncccc12. The summed E-state index contributed by atoms with van der Waals surface area (Å²) in [5.41, 5.74) is 3.31. The van der Waals surface area contributed by atoms with Crippen LogP contribution in [-0.4, -0.2) is 43.5 Å². The number of tetrazole rings is 1. The molecule has 2 aromatic carbocycles. The predicted octanol–water partition coefficient (Wildman–Crippen LogP) is 3.65. The van der Waals surface area contributed by atoms with Gasteiger partial charge in [0, 0.05) is 11.6 Å². The molecule has 2 aromatic heterocycles. The van der Waals surface area contributed by atoms with Gasteiger partial charge >= 0.3 is 0 Å². The molecule has 9 heteroatoms. The molecule has 4 rings (SSSR count). The molecule has 0 radical (unpaired) electrons. The summed E-state index contributed by atoms with van der Waals surface area (Å²) in [4.78, 5) is 17.2. The first-order valence-electron chi connectivity index (χ1n) is 9.31. The van der Waals surface area contributed by atoms with E-state index >= 15 is 0 Å². The first kappa shape index (κ1) is 19.8. The maximum atomic E-state index is 12.9. The number of carbonyl (C=O) groups excluding carboxylic acids is 1. The first-order chi connectivity index (χ1) is 14.6. The van der Waals surface area contributed by atoms with Crippen LogP contribution in [-0.2, 0) is 4.79 Å². The average molecular weight is 420 g/mol. The summed E-state index contributed by atoms with van der Waals surface area (Å²) in [5, 5.41) is 15.9. The number of anilines is 1. The number of amides is 1. The van der Waals surface area contributed by atoms with Gasteiger partial charge in [-0.15, -0.1) is 5.10 Å². The van der Waals surface area contributed by atoms with Gasteiger partial charge in [-0.1, -0.05) is 23.9 Å². The summed E-state index contributed by atoms with van der Waals surface area (Å²) >= 11 is 1.27. The molecule has 1 N–H and O–H groups in total. The quantitative estimate of drug-likeness (QED) is 0.476. The Balaban J connectivity index is 1.55. The van der Waals surface area contributed by atoms with Crippen molar-refractivity contribution in [1.82, 2.24) is 25.2 Å². The number of aryl methyl sites for hydroxylation is 1. The van der Waals surface area contributed by atoms with Gasteiger partial charge in [0.05, 0.1) is 23.6 Å². The number of methoxy groups -OCH3 is 1. The van der Waals surface area contributed by atoms with E-state index in [1.807, 2.05) is 62.4 Å². The third-order valence-electron chi connectivity index (χ3n) is 4.56. The first-order valence-corrected chi connectivity index (χ1v) is 10.2. The molecule has 1 unspecified atom stereocenters. The van der Waals surface area contributed by atoms with Crippen LogP contribution in [0.1, 0.15) is 12.5 Å². The zero-order valence-electron chi connectivity index (χ0n) is 16.7. The van der Waals surface area contributed by atoms with Crippen LogP contribution in [0.25, 0.3) is 16.6 Å². The lowest BCUT2D eigenvalue weighted by molar-refractivity contribution is -0.115. The van der Waals surface area contributed by atoms with E-state index in [9.17, 15) is 4.79 Å². The van der Waals surface area contributed by atoms with E-state index in [2.05, 4.69) is 25.8 Å². The summed E-state index contributed by atoms with van der Waals surface area (Å²) in [5.74, 6) is 0.497. The highest BCUT2D eigenvalue weighted by Gasteiger charge is 2.21. The fourth-order valence-corrected chi connectivity index (χ4v) is 3.83. The number of hydrogen-bond donors (Lipinski definition) is 1. The summed E-state index contributed by atoms with van der Waals surface area (Å²) < 4.78 is 7.03. The Morgan fingerprint density at radius 1 is 1.20 bits per heavy atom. The minimum Gasteiger partial charge on any atom is -0.494 e. The number of thioether (sulfide) groups is 1. The molecule has 8 nitrogen and oxygen atoms in total. The lowest BCUT2D eigenvalue weighted by Crippen LogP contribution is -2.23. The summed E-state index contributed by atoms with van der Waals surface area (Å²) in [6, 6.07) is 15.2. The molecule has 4 aromatic rings. The average Bonchev–Trinajstić information content (AvgIpc) is 3.21. The molecule has 0 aliphatic carbocycles. The summed E-state index contributed by atoms with van der Waals surface area (Å²) in [6.07, 6.45) is 1.73. The van der Waals surface area contributed by atoms with Crippen LogP contribution in [0.4, 0.5) is 5.69 Å². The van der Waals surface area contributed by atoms with E-state index in [-0.39, 0.29) is 5.91 Å². The van der Waals surface area contributed by atoms with Crippen LogP contribution in [0.15, 0.2) is 59.9 Å². The molecule has 0 aliphatic rings. The van der Waals surface area contributed by atoms with Crippen molar-refractivity contribution in [2.75, 3.05) is 12.4 Å². The molecule has 30 heavy (non-hydrogen) atoms. The number of ether oxygens (including phenoxy) is 1. The molecule has 152 valence electrons. The number of aromatic nitrogens is 5. The van der Waals surface area contributed by atoms with Crippen LogP contribution in [0.3, 0.4) is 0 Å². The molecular weight excluding hydrogens is 400 g/mol. The van der Waals surface area contributed by atoms with Crippen molar-refractivity contribution in [3.8, 4) is 11.4 Å². The van der Waals surface area contributed by atoms with Gasteiger partial charge in [-0.3, -0.25) is 9.78 Å². The molecule has 0 saturated carbocycles. The van der Waals surface area contributed by atoms with Crippen LogP contribution >= 0.6 is 11.8 Å². The number of pyridine rings is 1. The van der Waals surface area contributed by atoms with Gasteiger partial charge in [-0.25, -0.2) is 0 Å². The molecule has 0 fully saturated rings. The van der Waals surface area contributed by atoms with E-state index in [1.54, 1.807) is 18.0 Å². The number of fused-ring (bicyclic) bond motifs is 1. The maximum Gasteiger partial charge on any atom is 0.237 e. The Kier molecular flexibility index (Phi) is 5.62. The van der Waals surface area contributed by atoms with E-state index in [0.29, 0.717) is 10.9 Å². The fraction of sp³-hybridized carbons (Fsp3) is 0.190. The summed E-state index contributed by atoms with van der Waals surface area (Å²) in [7, 11) is 1.60. The summed E-state index contributed by atoms with van der Waals surface area (Å²) in [6.45, 7) is 3.80. The lowest BCUT2D eigenvalue weighted by Gasteiger charge is -2.14. The Morgan fingerprint density at radius 3 is 2.90 bits per heavy atom. The Labute approximate surface area is 177 Å². The second-order valence-electron chi connectivity index (χ2n) is 6.67. The molecular formula is C21H20N6O2S. The zero-order valence-corrected chi connectivity index (χ0v) is 17.6. The highest BCUT2D eigenvalue weighted by molar-refractivity contribution is 8.00. The fourth-order valence-electron chi connectivity index (χ4n) is 3.03. The normalized spacial score (nSPS) is 12.0. The minimum absolute atomic E-state index is 0.151. The van der Waals surface area contributed by atoms with Gasteiger partial charge in [0.25, 0.3) is 0 Å². The molecule has 0 spiro atoms. The number of hydrogen-bond acceptors (Lipinski definition) is 7. The molecule has 1 amide bonds. The second kappa shape index (κ2) is 8.50. The van der Waals surface area contributed by atoms with Crippen molar-refractivity contribution in [2.45, 2.75) is 24.3 Å². The Morgan fingerprint density at radius 2 is 2.07 bits per heavy atom. The van der Waals surface area contributed by atoms with Gasteiger partial charge in [-0.2, -0.15) is 4.68 Å². The standard InChI is InChI=1S/C21H20N6O2S/c1-13-9-10-19(29-3)18(12-13)27-21(24-25-26-27)30-14(2)20(28)23-17-8-4-7-16-15(17)6-5-11-22-16/h4-12,14H,1-3H3,(H,23,28). The van der Waals surface area contributed by atoms with Crippen LogP contribution < -0.4 is 10.1 Å². The van der Waals surface area contributed by atoms with Gasteiger partial charge in [-0.05, 0) is 66.2 Å². The van der Waals surface area contributed by atoms with Gasteiger partial charge in [0.2, 0.25) is 11.1 Å². The second-order valence-corrected chi connectivity index (χ2v) is 7.98. The van der Waals surface area contributed by atoms with E-state index in [0.717, 1.165) is 27.8 Å². The largest absolute Gasteiger partial charge is 0.494 e. The van der Waals surface area contributed by atoms with Crippen molar-refractivity contribution < 1.29 is 9.53 Å². The van der Waals surface area contributed by atoms with Crippen molar-refractivity contribution in [3.05, 3.63) is 60.3 Å². The van der Waals surface area contributed by atoms with E-state index in [4.69, 9.17) is 4.74 Å². The Bertz CT molecular complexity index is 1200. The topological polar surface area (TPSA) is 94.8 Å². The highest BCUT2D eigenvalue weighted by Crippen LogP contribution is 2.29.